The molecule has 2 aliphatic rings. The number of hydrogen-bond donors (Lipinski definition) is 2. The maximum absolute atomic E-state index is 12.2. The predicted molar refractivity (Wildman–Crippen MR) is 94.5 cm³/mol. The van der Waals surface area contributed by atoms with E-state index >= 15 is 0 Å². The number of carbonyl (C=O) groups is 1. The monoisotopic (exact) mass is 340 g/mol. The minimum atomic E-state index is -0.844. The van der Waals surface area contributed by atoms with E-state index in [4.69, 9.17) is 5.11 Å². The van der Waals surface area contributed by atoms with Gasteiger partial charge in [-0.05, 0) is 36.6 Å². The molecule has 130 valence electrons. The Morgan fingerprint density at radius 3 is 2.84 bits per heavy atom. The predicted octanol–water partition coefficient (Wildman–Crippen LogP) is 1.76. The third-order valence-corrected chi connectivity index (χ3v) is 5.12. The number of rotatable bonds is 2. The highest BCUT2D eigenvalue weighted by Gasteiger charge is 2.28. The lowest BCUT2D eigenvalue weighted by Crippen LogP contribution is -2.50. The molecule has 1 fully saturated rings. The van der Waals surface area contributed by atoms with Crippen LogP contribution >= 0.6 is 0 Å². The molecular formula is C18H20N4O3. The maximum Gasteiger partial charge on any atom is 0.407 e. The first-order valence-electron chi connectivity index (χ1n) is 8.53. The number of fused-ring (bicyclic) bond motifs is 1. The van der Waals surface area contributed by atoms with Crippen LogP contribution in [0, 0.1) is 0 Å². The van der Waals surface area contributed by atoms with Crippen LogP contribution in [-0.4, -0.2) is 63.2 Å². The molecule has 1 aliphatic carbocycles. The van der Waals surface area contributed by atoms with E-state index in [0.717, 1.165) is 37.2 Å². The molecule has 7 nitrogen and oxygen atoms in total. The van der Waals surface area contributed by atoms with E-state index in [1.165, 1.54) is 4.90 Å². The third kappa shape index (κ3) is 3.02. The third-order valence-electron chi connectivity index (χ3n) is 5.12. The molecule has 2 aromatic rings. The highest BCUT2D eigenvalue weighted by Crippen LogP contribution is 2.30. The summed E-state index contributed by atoms with van der Waals surface area (Å²) in [5.41, 5.74) is 2.57. The van der Waals surface area contributed by atoms with E-state index in [0.29, 0.717) is 30.0 Å². The van der Waals surface area contributed by atoms with Crippen LogP contribution in [0.25, 0.3) is 16.5 Å². The SMILES string of the molecule is O=C(O)N1CCN([C@H]2C=C(c3cc4ncccc4c(=O)[nH]3)CC2)CC1. The zero-order valence-electron chi connectivity index (χ0n) is 13.8. The second-order valence-corrected chi connectivity index (χ2v) is 6.55. The lowest BCUT2D eigenvalue weighted by Gasteiger charge is -2.36. The molecule has 2 N–H and O–H groups in total. The van der Waals surface area contributed by atoms with E-state index in [1.54, 1.807) is 18.3 Å². The van der Waals surface area contributed by atoms with Crippen LogP contribution in [0.1, 0.15) is 18.5 Å². The lowest BCUT2D eigenvalue weighted by atomic mass is 10.1. The highest BCUT2D eigenvalue weighted by molar-refractivity contribution is 5.81. The molecule has 0 radical (unpaired) electrons. The number of nitrogens with zero attached hydrogens (tertiary/aromatic N) is 3. The quantitative estimate of drug-likeness (QED) is 0.869. The van der Waals surface area contributed by atoms with Crippen molar-refractivity contribution in [1.29, 1.82) is 0 Å². The van der Waals surface area contributed by atoms with Gasteiger partial charge in [-0.2, -0.15) is 0 Å². The van der Waals surface area contributed by atoms with Gasteiger partial charge in [-0.15, -0.1) is 0 Å². The fourth-order valence-electron chi connectivity index (χ4n) is 3.72. The standard InChI is InChI=1S/C18H20N4O3/c23-17-14-2-1-5-19-16(14)11-15(20-17)12-3-4-13(10-12)21-6-8-22(9-7-21)18(24)25/h1-2,5,10-11,13H,3-4,6-9H2,(H,20,23)(H,24,25)/t13-/m1/s1. The van der Waals surface area contributed by atoms with Crippen LogP contribution in [0.4, 0.5) is 4.79 Å². The number of allylic oxidation sites excluding steroid dienone is 1. The topological polar surface area (TPSA) is 89.5 Å². The summed E-state index contributed by atoms with van der Waals surface area (Å²) in [5, 5.41) is 9.65. The number of aromatic nitrogens is 2. The summed E-state index contributed by atoms with van der Waals surface area (Å²) in [4.78, 5) is 34.3. The number of H-pyrrole nitrogens is 1. The van der Waals surface area contributed by atoms with Crippen LogP contribution in [0.2, 0.25) is 0 Å². The summed E-state index contributed by atoms with van der Waals surface area (Å²) in [5.74, 6) is 0. The van der Waals surface area contributed by atoms with Gasteiger partial charge in [0.15, 0.2) is 0 Å². The number of nitrogens with one attached hydrogen (secondary N) is 1. The molecule has 0 bridgehead atoms. The average molecular weight is 340 g/mol. The number of hydrogen-bond acceptors (Lipinski definition) is 4. The molecule has 1 atom stereocenters. The van der Waals surface area contributed by atoms with E-state index in [2.05, 4.69) is 20.9 Å². The van der Waals surface area contributed by atoms with Crippen molar-refractivity contribution in [3.05, 3.63) is 46.5 Å². The van der Waals surface area contributed by atoms with Gasteiger partial charge in [0, 0.05) is 44.1 Å². The Labute approximate surface area is 144 Å². The van der Waals surface area contributed by atoms with Crippen molar-refractivity contribution in [3.8, 4) is 0 Å². The van der Waals surface area contributed by atoms with Crippen molar-refractivity contribution in [2.45, 2.75) is 18.9 Å². The van der Waals surface area contributed by atoms with Crippen LogP contribution in [0.3, 0.4) is 0 Å². The van der Waals surface area contributed by atoms with Crippen molar-refractivity contribution in [3.63, 3.8) is 0 Å². The van der Waals surface area contributed by atoms with Gasteiger partial charge in [0.25, 0.3) is 5.56 Å². The fraction of sp³-hybridized carbons (Fsp3) is 0.389. The van der Waals surface area contributed by atoms with Crippen molar-refractivity contribution in [1.82, 2.24) is 19.8 Å². The van der Waals surface area contributed by atoms with E-state index in [-0.39, 0.29) is 5.56 Å². The Morgan fingerprint density at radius 2 is 2.08 bits per heavy atom. The maximum atomic E-state index is 12.2. The van der Waals surface area contributed by atoms with Crippen LogP contribution < -0.4 is 5.56 Å². The molecular weight excluding hydrogens is 320 g/mol. The van der Waals surface area contributed by atoms with Gasteiger partial charge >= 0.3 is 6.09 Å². The second kappa shape index (κ2) is 6.33. The normalized spacial score (nSPS) is 21.5. The Hall–Kier alpha value is -2.67. The molecule has 1 aliphatic heterocycles. The van der Waals surface area contributed by atoms with Gasteiger partial charge in [-0.25, -0.2) is 4.79 Å². The van der Waals surface area contributed by atoms with Crippen LogP contribution in [-0.2, 0) is 0 Å². The average Bonchev–Trinajstić information content (AvgIpc) is 3.12. The molecule has 2 aromatic heterocycles. The zero-order valence-corrected chi connectivity index (χ0v) is 13.8. The van der Waals surface area contributed by atoms with E-state index < -0.39 is 6.09 Å². The fourth-order valence-corrected chi connectivity index (χ4v) is 3.72. The molecule has 4 rings (SSSR count). The van der Waals surface area contributed by atoms with Gasteiger partial charge in [0.05, 0.1) is 10.9 Å². The molecule has 1 amide bonds. The Morgan fingerprint density at radius 1 is 1.28 bits per heavy atom. The number of carboxylic acid groups (broad SMARTS) is 1. The summed E-state index contributed by atoms with van der Waals surface area (Å²) < 4.78 is 0. The Kier molecular flexibility index (Phi) is 4.01. The molecule has 1 saturated heterocycles. The summed E-state index contributed by atoms with van der Waals surface area (Å²) in [6.07, 6.45) is 4.95. The molecule has 0 aromatic carbocycles. The van der Waals surface area contributed by atoms with Gasteiger partial charge < -0.3 is 15.0 Å². The number of aromatic amines is 1. The molecule has 3 heterocycles. The van der Waals surface area contributed by atoms with Gasteiger partial charge in [0.2, 0.25) is 0 Å². The smallest absolute Gasteiger partial charge is 0.407 e. The number of amides is 1. The van der Waals surface area contributed by atoms with Gasteiger partial charge in [-0.3, -0.25) is 14.7 Å². The van der Waals surface area contributed by atoms with Crippen molar-refractivity contribution < 1.29 is 9.90 Å². The van der Waals surface area contributed by atoms with Gasteiger partial charge in [0.1, 0.15) is 0 Å². The van der Waals surface area contributed by atoms with Crippen molar-refractivity contribution in [2.24, 2.45) is 0 Å². The van der Waals surface area contributed by atoms with E-state index in [9.17, 15) is 9.59 Å². The summed E-state index contributed by atoms with van der Waals surface area (Å²) in [7, 11) is 0. The number of pyridine rings is 2. The van der Waals surface area contributed by atoms with Crippen LogP contribution in [0.15, 0.2) is 35.3 Å². The van der Waals surface area contributed by atoms with Crippen molar-refractivity contribution in [2.75, 3.05) is 26.2 Å². The van der Waals surface area contributed by atoms with Crippen LogP contribution in [0.5, 0.6) is 0 Å². The largest absolute Gasteiger partial charge is 0.465 e. The van der Waals surface area contributed by atoms with E-state index in [1.807, 2.05) is 6.07 Å². The lowest BCUT2D eigenvalue weighted by molar-refractivity contribution is 0.0944. The number of piperazine rings is 1. The highest BCUT2D eigenvalue weighted by atomic mass is 16.4. The minimum absolute atomic E-state index is 0.111. The molecule has 0 unspecified atom stereocenters. The summed E-state index contributed by atoms with van der Waals surface area (Å²) in [6.45, 7) is 2.59. The molecule has 0 spiro atoms. The summed E-state index contributed by atoms with van der Waals surface area (Å²) >= 11 is 0. The Bertz CT molecular complexity index is 897. The second-order valence-electron chi connectivity index (χ2n) is 6.55. The molecule has 25 heavy (non-hydrogen) atoms. The zero-order chi connectivity index (χ0) is 17.4. The minimum Gasteiger partial charge on any atom is -0.465 e. The Balaban J connectivity index is 1.54. The summed E-state index contributed by atoms with van der Waals surface area (Å²) in [6, 6.07) is 5.78. The van der Waals surface area contributed by atoms with Crippen molar-refractivity contribution >= 4 is 22.6 Å². The molecule has 0 saturated carbocycles. The first-order valence-corrected chi connectivity index (χ1v) is 8.53. The van der Waals surface area contributed by atoms with Gasteiger partial charge in [-0.1, -0.05) is 6.08 Å². The first kappa shape index (κ1) is 15.8. The molecule has 7 heteroatoms. The first-order chi connectivity index (χ1) is 12.1.